The molecule has 5 nitrogen and oxygen atoms in total. The maximum absolute atomic E-state index is 13.2. The van der Waals surface area contributed by atoms with E-state index in [2.05, 4.69) is 5.73 Å². The van der Waals surface area contributed by atoms with Crippen LogP contribution < -0.4 is 0 Å². The van der Waals surface area contributed by atoms with Crippen molar-refractivity contribution >= 4 is 24.0 Å². The van der Waals surface area contributed by atoms with E-state index in [-0.39, 0.29) is 0 Å². The van der Waals surface area contributed by atoms with Crippen LogP contribution in [0.2, 0.25) is 0 Å². The first-order valence-electron chi connectivity index (χ1n) is 9.60. The Morgan fingerprint density at radius 3 is 2.10 bits per heavy atom. The highest BCUT2D eigenvalue weighted by atomic mass is 32.2. The fraction of sp³-hybridized carbons (Fsp3) is 0.292. The summed E-state index contributed by atoms with van der Waals surface area (Å²) in [4.78, 5) is 25.9. The maximum atomic E-state index is 13.2. The minimum atomic E-state index is -0.830. The molecule has 1 amide bonds. The topological polar surface area (TPSA) is 55.8 Å². The van der Waals surface area contributed by atoms with Crippen LogP contribution in [0.3, 0.4) is 0 Å². The van der Waals surface area contributed by atoms with Crippen LogP contribution in [0.5, 0.6) is 0 Å². The SMILES string of the molecule is CC=C=C(C(OC(C)=O)c1ccccc1)N(Sc1ccccc1)C(=O)OC(C)(C)C. The number of ether oxygens (including phenoxy) is 2. The van der Waals surface area contributed by atoms with Gasteiger partial charge in [0, 0.05) is 11.8 Å². The van der Waals surface area contributed by atoms with Gasteiger partial charge in [-0.05, 0) is 63.4 Å². The van der Waals surface area contributed by atoms with Crippen molar-refractivity contribution in [1.29, 1.82) is 0 Å². The molecule has 30 heavy (non-hydrogen) atoms. The largest absolute Gasteiger partial charge is 0.450 e. The Morgan fingerprint density at radius 2 is 1.60 bits per heavy atom. The fourth-order valence-electron chi connectivity index (χ4n) is 2.54. The number of hydrogen-bond donors (Lipinski definition) is 0. The van der Waals surface area contributed by atoms with Crippen LogP contribution >= 0.6 is 11.9 Å². The first-order chi connectivity index (χ1) is 14.2. The van der Waals surface area contributed by atoms with Crippen LogP contribution in [0, 0.1) is 0 Å². The van der Waals surface area contributed by atoms with Gasteiger partial charge in [-0.25, -0.2) is 9.10 Å². The molecule has 0 aromatic heterocycles. The molecule has 158 valence electrons. The molecule has 0 aliphatic carbocycles. The third-order valence-corrected chi connectivity index (χ3v) is 4.66. The molecule has 0 radical (unpaired) electrons. The first-order valence-corrected chi connectivity index (χ1v) is 10.4. The van der Waals surface area contributed by atoms with Crippen molar-refractivity contribution in [1.82, 2.24) is 4.31 Å². The molecular weight excluding hydrogens is 398 g/mol. The molecule has 1 atom stereocenters. The zero-order valence-corrected chi connectivity index (χ0v) is 18.7. The van der Waals surface area contributed by atoms with Crippen molar-refractivity contribution in [2.45, 2.75) is 51.2 Å². The van der Waals surface area contributed by atoms with Gasteiger partial charge in [-0.1, -0.05) is 54.3 Å². The Hall–Kier alpha value is -2.95. The molecule has 6 heteroatoms. The molecule has 0 saturated carbocycles. The highest BCUT2D eigenvalue weighted by molar-refractivity contribution is 7.97. The molecule has 0 N–H and O–H groups in total. The Labute approximate surface area is 182 Å². The molecule has 0 saturated heterocycles. The van der Waals surface area contributed by atoms with E-state index in [1.54, 1.807) is 33.8 Å². The van der Waals surface area contributed by atoms with Gasteiger partial charge in [0.1, 0.15) is 11.3 Å². The lowest BCUT2D eigenvalue weighted by Gasteiger charge is -2.30. The number of carbonyl (C=O) groups excluding carboxylic acids is 2. The number of carbonyl (C=O) groups is 2. The molecule has 0 spiro atoms. The second-order valence-electron chi connectivity index (χ2n) is 7.40. The summed E-state index contributed by atoms with van der Waals surface area (Å²) in [5, 5.41) is 0. The first kappa shape index (κ1) is 23.3. The molecule has 2 aromatic rings. The van der Waals surface area contributed by atoms with Gasteiger partial charge in [-0.15, -0.1) is 0 Å². The van der Waals surface area contributed by atoms with E-state index >= 15 is 0 Å². The maximum Gasteiger partial charge on any atom is 0.425 e. The predicted molar refractivity (Wildman–Crippen MR) is 119 cm³/mol. The van der Waals surface area contributed by atoms with Crippen molar-refractivity contribution in [2.75, 3.05) is 0 Å². The Balaban J connectivity index is 2.57. The Morgan fingerprint density at radius 1 is 1.03 bits per heavy atom. The van der Waals surface area contributed by atoms with Gasteiger partial charge in [0.25, 0.3) is 0 Å². The van der Waals surface area contributed by atoms with Gasteiger partial charge in [-0.2, -0.15) is 0 Å². The lowest BCUT2D eigenvalue weighted by Crippen LogP contribution is -2.34. The van der Waals surface area contributed by atoms with Gasteiger partial charge < -0.3 is 9.47 Å². The molecule has 1 unspecified atom stereocenters. The molecule has 2 rings (SSSR count). The van der Waals surface area contributed by atoms with Crippen molar-refractivity contribution in [3.63, 3.8) is 0 Å². The van der Waals surface area contributed by atoms with E-state index in [9.17, 15) is 9.59 Å². The average molecular weight is 426 g/mol. The number of nitrogens with zero attached hydrogens (tertiary/aromatic N) is 1. The fourth-order valence-corrected chi connectivity index (χ4v) is 3.39. The number of rotatable bonds is 6. The number of esters is 1. The molecule has 0 bridgehead atoms. The molecule has 0 fully saturated rings. The lowest BCUT2D eigenvalue weighted by atomic mass is 10.1. The standard InChI is InChI=1S/C24H27NO4S/c1-6-13-21(22(28-18(2)26)19-14-9-7-10-15-19)25(23(27)29-24(3,4)5)30-20-16-11-8-12-17-20/h6-12,14-17,22H,1-5H3. The third-order valence-electron chi connectivity index (χ3n) is 3.64. The van der Waals surface area contributed by atoms with Crippen LogP contribution in [-0.2, 0) is 14.3 Å². The molecular formula is C24H27NO4S. The number of amides is 1. The summed E-state index contributed by atoms with van der Waals surface area (Å²) in [6.45, 7) is 8.53. The summed E-state index contributed by atoms with van der Waals surface area (Å²) in [6.07, 6.45) is 0.273. The van der Waals surface area contributed by atoms with E-state index in [1.807, 2.05) is 60.7 Å². The van der Waals surface area contributed by atoms with Gasteiger partial charge in [0.15, 0.2) is 6.10 Å². The quantitative estimate of drug-likeness (QED) is 0.309. The minimum absolute atomic E-state index is 0.363. The van der Waals surface area contributed by atoms with Gasteiger partial charge in [0.2, 0.25) is 0 Å². The van der Waals surface area contributed by atoms with E-state index in [1.165, 1.54) is 23.2 Å². The number of hydrogen-bond acceptors (Lipinski definition) is 5. The minimum Gasteiger partial charge on any atom is -0.450 e. The van der Waals surface area contributed by atoms with Crippen molar-refractivity contribution in [3.8, 4) is 0 Å². The molecule has 0 heterocycles. The smallest absolute Gasteiger partial charge is 0.425 e. The molecule has 2 aromatic carbocycles. The summed E-state index contributed by atoms with van der Waals surface area (Å²) < 4.78 is 12.7. The van der Waals surface area contributed by atoms with Gasteiger partial charge in [0.05, 0.1) is 0 Å². The Bertz CT molecular complexity index is 913. The summed E-state index contributed by atoms with van der Waals surface area (Å²) >= 11 is 1.18. The zero-order chi connectivity index (χ0) is 22.1. The van der Waals surface area contributed by atoms with E-state index < -0.39 is 23.8 Å². The highest BCUT2D eigenvalue weighted by Gasteiger charge is 2.33. The van der Waals surface area contributed by atoms with Crippen LogP contribution in [0.4, 0.5) is 4.79 Å². The van der Waals surface area contributed by atoms with Crippen molar-refractivity contribution in [3.05, 3.63) is 83.7 Å². The van der Waals surface area contributed by atoms with Gasteiger partial charge in [-0.3, -0.25) is 4.79 Å². The molecule has 0 aliphatic rings. The van der Waals surface area contributed by atoms with E-state index in [0.717, 1.165) is 10.5 Å². The lowest BCUT2D eigenvalue weighted by molar-refractivity contribution is -0.145. The second-order valence-corrected chi connectivity index (χ2v) is 8.42. The van der Waals surface area contributed by atoms with Crippen LogP contribution in [0.25, 0.3) is 0 Å². The summed E-state index contributed by atoms with van der Waals surface area (Å²) in [6, 6.07) is 18.7. The predicted octanol–water partition coefficient (Wildman–Crippen LogP) is 6.29. The second kappa shape index (κ2) is 10.7. The highest BCUT2D eigenvalue weighted by Crippen LogP contribution is 2.36. The van der Waals surface area contributed by atoms with Crippen molar-refractivity contribution < 1.29 is 19.1 Å². The van der Waals surface area contributed by atoms with E-state index in [0.29, 0.717) is 5.70 Å². The zero-order valence-electron chi connectivity index (χ0n) is 17.9. The Kier molecular flexibility index (Phi) is 8.34. The summed E-state index contributed by atoms with van der Waals surface area (Å²) in [5.41, 5.74) is 3.48. The van der Waals surface area contributed by atoms with Crippen molar-refractivity contribution in [2.24, 2.45) is 0 Å². The summed E-state index contributed by atoms with van der Waals surface area (Å²) in [7, 11) is 0. The van der Waals surface area contributed by atoms with Gasteiger partial charge >= 0.3 is 12.1 Å². The van der Waals surface area contributed by atoms with E-state index in [4.69, 9.17) is 9.47 Å². The third kappa shape index (κ3) is 7.14. The summed E-state index contributed by atoms with van der Waals surface area (Å²) in [5.74, 6) is -0.465. The van der Waals surface area contributed by atoms with Crippen LogP contribution in [-0.4, -0.2) is 22.0 Å². The van der Waals surface area contributed by atoms with Crippen LogP contribution in [0.1, 0.15) is 46.3 Å². The van der Waals surface area contributed by atoms with Crippen LogP contribution in [0.15, 0.2) is 83.1 Å². The molecule has 0 aliphatic heterocycles. The number of benzene rings is 2. The monoisotopic (exact) mass is 425 g/mol. The average Bonchev–Trinajstić information content (AvgIpc) is 2.69. The normalized spacial score (nSPS) is 11.6.